The second-order valence-electron chi connectivity index (χ2n) is 7.44. The largest absolute Gasteiger partial charge is 0.345 e. The molecule has 0 heterocycles. The van der Waals surface area contributed by atoms with E-state index in [1.54, 1.807) is 60.7 Å². The Labute approximate surface area is 190 Å². The minimum absolute atomic E-state index is 0.0672. The van der Waals surface area contributed by atoms with Crippen LogP contribution in [0.1, 0.15) is 40.9 Å². The summed E-state index contributed by atoms with van der Waals surface area (Å²) in [5.41, 5.74) is 2.38. The van der Waals surface area contributed by atoms with Gasteiger partial charge in [-0.3, -0.25) is 4.79 Å². The van der Waals surface area contributed by atoms with Gasteiger partial charge in [-0.2, -0.15) is 4.31 Å². The minimum atomic E-state index is -3.66. The van der Waals surface area contributed by atoms with Crippen molar-refractivity contribution in [2.24, 2.45) is 0 Å². The second-order valence-corrected chi connectivity index (χ2v) is 9.38. The SMILES string of the molecule is C=CCN(Cc1ccc(C(=O)N[C@H](CC)c2ccccc2)cc1)S(=O)(=O)c1ccccc1. The van der Waals surface area contributed by atoms with E-state index in [2.05, 4.69) is 11.9 Å². The molecule has 32 heavy (non-hydrogen) atoms. The standard InChI is InChI=1S/C26H28N2O3S/c1-3-19-28(32(30,31)24-13-9-6-10-14-24)20-21-15-17-23(18-16-21)26(29)27-25(4-2)22-11-7-5-8-12-22/h3,5-18,25H,1,4,19-20H2,2H3,(H,27,29)/t25-/m1/s1. The highest BCUT2D eigenvalue weighted by Crippen LogP contribution is 2.20. The molecule has 0 fully saturated rings. The van der Waals surface area contributed by atoms with Crippen LogP contribution in [-0.4, -0.2) is 25.2 Å². The molecule has 0 saturated heterocycles. The molecule has 0 radical (unpaired) electrons. The van der Waals surface area contributed by atoms with Gasteiger partial charge < -0.3 is 5.32 Å². The van der Waals surface area contributed by atoms with Crippen molar-refractivity contribution in [3.8, 4) is 0 Å². The van der Waals surface area contributed by atoms with Gasteiger partial charge in [0.15, 0.2) is 0 Å². The molecule has 0 aliphatic rings. The lowest BCUT2D eigenvalue weighted by atomic mass is 10.0. The van der Waals surface area contributed by atoms with Gasteiger partial charge in [-0.05, 0) is 41.8 Å². The summed E-state index contributed by atoms with van der Waals surface area (Å²) in [7, 11) is -3.66. The third kappa shape index (κ3) is 5.72. The lowest BCUT2D eigenvalue weighted by molar-refractivity contribution is 0.0935. The van der Waals surface area contributed by atoms with Crippen LogP contribution in [0.3, 0.4) is 0 Å². The molecule has 0 saturated carbocycles. The van der Waals surface area contributed by atoms with E-state index in [1.807, 2.05) is 37.3 Å². The lowest BCUT2D eigenvalue weighted by Crippen LogP contribution is -2.31. The molecule has 3 rings (SSSR count). The quantitative estimate of drug-likeness (QED) is 0.447. The van der Waals surface area contributed by atoms with Crippen LogP contribution in [0.5, 0.6) is 0 Å². The first-order valence-corrected chi connectivity index (χ1v) is 12.0. The Bertz CT molecular complexity index is 1130. The highest BCUT2D eigenvalue weighted by atomic mass is 32.2. The smallest absolute Gasteiger partial charge is 0.251 e. The van der Waals surface area contributed by atoms with Crippen molar-refractivity contribution >= 4 is 15.9 Å². The average molecular weight is 449 g/mol. The summed E-state index contributed by atoms with van der Waals surface area (Å²) >= 11 is 0. The van der Waals surface area contributed by atoms with E-state index in [0.717, 1.165) is 17.5 Å². The van der Waals surface area contributed by atoms with Crippen molar-refractivity contribution in [3.05, 3.63) is 114 Å². The second kappa shape index (κ2) is 10.9. The number of nitrogens with zero attached hydrogens (tertiary/aromatic N) is 1. The number of amides is 1. The van der Waals surface area contributed by atoms with Gasteiger partial charge in [-0.1, -0.05) is 73.7 Å². The van der Waals surface area contributed by atoms with Crippen LogP contribution in [0.2, 0.25) is 0 Å². The predicted molar refractivity (Wildman–Crippen MR) is 128 cm³/mol. The van der Waals surface area contributed by atoms with Gasteiger partial charge in [-0.15, -0.1) is 6.58 Å². The highest BCUT2D eigenvalue weighted by Gasteiger charge is 2.23. The molecule has 5 nitrogen and oxygen atoms in total. The maximum absolute atomic E-state index is 13.0. The van der Waals surface area contributed by atoms with Crippen LogP contribution in [0.15, 0.2) is 102 Å². The predicted octanol–water partition coefficient (Wildman–Crippen LogP) is 4.94. The Morgan fingerprint density at radius 1 is 0.969 bits per heavy atom. The molecule has 0 aliphatic heterocycles. The molecular formula is C26H28N2O3S. The molecule has 1 atom stereocenters. The molecule has 6 heteroatoms. The number of benzene rings is 3. The van der Waals surface area contributed by atoms with E-state index < -0.39 is 10.0 Å². The van der Waals surface area contributed by atoms with Crippen LogP contribution in [0, 0.1) is 0 Å². The number of hydrogen-bond donors (Lipinski definition) is 1. The molecule has 0 spiro atoms. The van der Waals surface area contributed by atoms with E-state index in [9.17, 15) is 13.2 Å². The molecule has 0 bridgehead atoms. The summed E-state index contributed by atoms with van der Waals surface area (Å²) in [5.74, 6) is -0.160. The van der Waals surface area contributed by atoms with Crippen molar-refractivity contribution in [1.29, 1.82) is 0 Å². The number of nitrogens with one attached hydrogen (secondary N) is 1. The van der Waals surface area contributed by atoms with Crippen molar-refractivity contribution in [2.75, 3.05) is 6.54 Å². The Morgan fingerprint density at radius 3 is 2.12 bits per heavy atom. The van der Waals surface area contributed by atoms with Gasteiger partial charge in [0.1, 0.15) is 0 Å². The molecule has 0 unspecified atom stereocenters. The Morgan fingerprint density at radius 2 is 1.56 bits per heavy atom. The zero-order valence-electron chi connectivity index (χ0n) is 18.1. The van der Waals surface area contributed by atoms with Gasteiger partial charge in [0, 0.05) is 18.7 Å². The normalized spacial score (nSPS) is 12.3. The van der Waals surface area contributed by atoms with E-state index in [1.165, 1.54) is 4.31 Å². The lowest BCUT2D eigenvalue weighted by Gasteiger charge is -2.21. The maximum Gasteiger partial charge on any atom is 0.251 e. The first kappa shape index (κ1) is 23.4. The van der Waals surface area contributed by atoms with Gasteiger partial charge in [0.25, 0.3) is 5.91 Å². The molecule has 0 aromatic heterocycles. The first-order valence-electron chi connectivity index (χ1n) is 10.6. The number of carbonyl (C=O) groups excluding carboxylic acids is 1. The van der Waals surface area contributed by atoms with Crippen molar-refractivity contribution < 1.29 is 13.2 Å². The molecule has 1 amide bonds. The van der Waals surface area contributed by atoms with Gasteiger partial charge >= 0.3 is 0 Å². The molecule has 166 valence electrons. The summed E-state index contributed by atoms with van der Waals surface area (Å²) in [6.07, 6.45) is 2.35. The highest BCUT2D eigenvalue weighted by molar-refractivity contribution is 7.89. The Hall–Kier alpha value is -3.22. The van der Waals surface area contributed by atoms with Crippen molar-refractivity contribution in [3.63, 3.8) is 0 Å². The van der Waals surface area contributed by atoms with E-state index in [0.29, 0.717) is 5.56 Å². The number of sulfonamides is 1. The topological polar surface area (TPSA) is 66.5 Å². The van der Waals surface area contributed by atoms with Crippen LogP contribution >= 0.6 is 0 Å². The van der Waals surface area contributed by atoms with E-state index >= 15 is 0 Å². The summed E-state index contributed by atoms with van der Waals surface area (Å²) < 4.78 is 27.4. The summed E-state index contributed by atoms with van der Waals surface area (Å²) in [6, 6.07) is 25.2. The summed E-state index contributed by atoms with van der Waals surface area (Å²) in [6.45, 7) is 6.09. The van der Waals surface area contributed by atoms with Crippen LogP contribution < -0.4 is 5.32 Å². The molecule has 1 N–H and O–H groups in total. The fraction of sp³-hybridized carbons (Fsp3) is 0.192. The number of carbonyl (C=O) groups is 1. The van der Waals surface area contributed by atoms with Crippen LogP contribution in [0.4, 0.5) is 0 Å². The van der Waals surface area contributed by atoms with Gasteiger partial charge in [0.2, 0.25) is 10.0 Å². The first-order chi connectivity index (χ1) is 15.5. The van der Waals surface area contributed by atoms with Gasteiger partial charge in [-0.25, -0.2) is 8.42 Å². The fourth-order valence-electron chi connectivity index (χ4n) is 3.45. The molecule has 0 aliphatic carbocycles. The van der Waals surface area contributed by atoms with Crippen LogP contribution in [0.25, 0.3) is 0 Å². The average Bonchev–Trinajstić information content (AvgIpc) is 2.83. The minimum Gasteiger partial charge on any atom is -0.345 e. The summed E-state index contributed by atoms with van der Waals surface area (Å²) in [5, 5.41) is 3.07. The summed E-state index contributed by atoms with van der Waals surface area (Å²) in [4.78, 5) is 13.0. The monoisotopic (exact) mass is 448 g/mol. The third-order valence-corrected chi connectivity index (χ3v) is 7.03. The van der Waals surface area contributed by atoms with Gasteiger partial charge in [0.05, 0.1) is 10.9 Å². The molecule has 3 aromatic carbocycles. The zero-order valence-corrected chi connectivity index (χ0v) is 19.0. The van der Waals surface area contributed by atoms with E-state index in [4.69, 9.17) is 0 Å². The van der Waals surface area contributed by atoms with Crippen LogP contribution in [-0.2, 0) is 16.6 Å². The molecular weight excluding hydrogens is 420 g/mol. The van der Waals surface area contributed by atoms with Crippen molar-refractivity contribution in [2.45, 2.75) is 30.8 Å². The number of rotatable bonds is 10. The fourth-order valence-corrected chi connectivity index (χ4v) is 4.87. The maximum atomic E-state index is 13.0. The number of hydrogen-bond acceptors (Lipinski definition) is 3. The Kier molecular flexibility index (Phi) is 7.98. The third-order valence-electron chi connectivity index (χ3n) is 5.20. The molecule has 3 aromatic rings. The van der Waals surface area contributed by atoms with Crippen molar-refractivity contribution in [1.82, 2.24) is 9.62 Å². The Balaban J connectivity index is 1.72. The van der Waals surface area contributed by atoms with E-state index in [-0.39, 0.29) is 29.9 Å². The zero-order chi connectivity index (χ0) is 23.0.